The fraction of sp³-hybridized carbons (Fsp3) is 0.238. The molecule has 0 aromatic heterocycles. The second-order valence-corrected chi connectivity index (χ2v) is 5.17. The fourth-order valence-corrected chi connectivity index (χ4v) is 2.18. The highest BCUT2D eigenvalue weighted by Crippen LogP contribution is 2.03. The van der Waals surface area contributed by atoms with Gasteiger partial charge in [0.05, 0.1) is 13.2 Å². The van der Waals surface area contributed by atoms with Crippen molar-refractivity contribution < 1.29 is 4.74 Å². The SMILES string of the molecule is C(=C/CCc1ccccc1)/CCOC/C=C/c1ccccc1. The molecule has 0 bridgehead atoms. The summed E-state index contributed by atoms with van der Waals surface area (Å²) in [6, 6.07) is 20.9. The summed E-state index contributed by atoms with van der Waals surface area (Å²) < 4.78 is 5.58. The first kappa shape index (κ1) is 16.3. The Kier molecular flexibility index (Phi) is 7.82. The Morgan fingerprint density at radius 3 is 2.18 bits per heavy atom. The highest BCUT2D eigenvalue weighted by atomic mass is 16.5. The molecule has 0 spiro atoms. The number of allylic oxidation sites excluding steroid dienone is 1. The van der Waals surface area contributed by atoms with E-state index >= 15 is 0 Å². The van der Waals surface area contributed by atoms with Crippen LogP contribution >= 0.6 is 0 Å². The number of ether oxygens (including phenoxy) is 1. The van der Waals surface area contributed by atoms with Gasteiger partial charge >= 0.3 is 0 Å². The lowest BCUT2D eigenvalue weighted by Crippen LogP contribution is -1.92. The third-order valence-corrected chi connectivity index (χ3v) is 3.36. The number of rotatable bonds is 9. The van der Waals surface area contributed by atoms with Gasteiger partial charge in [-0.2, -0.15) is 0 Å². The van der Waals surface area contributed by atoms with Gasteiger partial charge in [0.15, 0.2) is 0 Å². The van der Waals surface area contributed by atoms with Crippen LogP contribution in [0.25, 0.3) is 6.08 Å². The molecule has 2 aromatic rings. The maximum Gasteiger partial charge on any atom is 0.0650 e. The standard InChI is InChI=1S/C21H24O/c1(5-12-20-13-6-3-7-14-20)2-10-18-22-19-11-17-21-15-8-4-9-16-21/h1-4,6-9,11,13-17H,5,10,12,18-19H2/b2-1-,17-11+. The van der Waals surface area contributed by atoms with Gasteiger partial charge in [0.25, 0.3) is 0 Å². The topological polar surface area (TPSA) is 9.23 Å². The van der Waals surface area contributed by atoms with Crippen molar-refractivity contribution in [3.8, 4) is 0 Å². The van der Waals surface area contributed by atoms with E-state index in [9.17, 15) is 0 Å². The highest BCUT2D eigenvalue weighted by molar-refractivity contribution is 5.48. The normalized spacial score (nSPS) is 11.5. The molecule has 0 saturated carbocycles. The molecule has 0 aliphatic rings. The summed E-state index contributed by atoms with van der Waals surface area (Å²) in [5, 5.41) is 0. The zero-order chi connectivity index (χ0) is 15.3. The van der Waals surface area contributed by atoms with E-state index in [0.717, 1.165) is 25.9 Å². The average Bonchev–Trinajstić information content (AvgIpc) is 2.58. The average molecular weight is 292 g/mol. The molecule has 1 nitrogen and oxygen atoms in total. The van der Waals surface area contributed by atoms with E-state index in [1.54, 1.807) is 0 Å². The van der Waals surface area contributed by atoms with Gasteiger partial charge in [-0.05, 0) is 30.4 Å². The summed E-state index contributed by atoms with van der Waals surface area (Å²) in [7, 11) is 0. The summed E-state index contributed by atoms with van der Waals surface area (Å²) in [5.41, 5.74) is 2.61. The monoisotopic (exact) mass is 292 g/mol. The second kappa shape index (κ2) is 10.6. The zero-order valence-electron chi connectivity index (χ0n) is 13.0. The van der Waals surface area contributed by atoms with Crippen LogP contribution in [0.5, 0.6) is 0 Å². The fourth-order valence-electron chi connectivity index (χ4n) is 2.18. The molecule has 0 unspecified atom stereocenters. The van der Waals surface area contributed by atoms with Crippen molar-refractivity contribution in [1.29, 1.82) is 0 Å². The Morgan fingerprint density at radius 1 is 0.727 bits per heavy atom. The van der Waals surface area contributed by atoms with Gasteiger partial charge in [0.1, 0.15) is 0 Å². The third kappa shape index (κ3) is 7.05. The lowest BCUT2D eigenvalue weighted by atomic mass is 10.1. The van der Waals surface area contributed by atoms with Crippen LogP contribution < -0.4 is 0 Å². The molecule has 0 saturated heterocycles. The molecule has 0 heterocycles. The molecule has 0 N–H and O–H groups in total. The van der Waals surface area contributed by atoms with E-state index in [4.69, 9.17) is 4.74 Å². The molecular formula is C21H24O. The number of hydrogen-bond donors (Lipinski definition) is 0. The number of benzene rings is 2. The van der Waals surface area contributed by atoms with Crippen LogP contribution in [0.4, 0.5) is 0 Å². The summed E-state index contributed by atoms with van der Waals surface area (Å²) in [5.74, 6) is 0. The van der Waals surface area contributed by atoms with Crippen LogP contribution in [0.3, 0.4) is 0 Å². The van der Waals surface area contributed by atoms with Crippen molar-refractivity contribution in [3.63, 3.8) is 0 Å². The molecule has 0 fully saturated rings. The minimum absolute atomic E-state index is 0.673. The highest BCUT2D eigenvalue weighted by Gasteiger charge is 1.88. The van der Waals surface area contributed by atoms with E-state index in [1.165, 1.54) is 11.1 Å². The molecule has 0 aliphatic carbocycles. The van der Waals surface area contributed by atoms with Crippen LogP contribution in [0.2, 0.25) is 0 Å². The van der Waals surface area contributed by atoms with Crippen LogP contribution in [0, 0.1) is 0 Å². The minimum atomic E-state index is 0.673. The van der Waals surface area contributed by atoms with Gasteiger partial charge in [-0.25, -0.2) is 0 Å². The molecule has 2 rings (SSSR count). The first-order valence-electron chi connectivity index (χ1n) is 7.93. The predicted molar refractivity (Wildman–Crippen MR) is 94.8 cm³/mol. The molecule has 114 valence electrons. The van der Waals surface area contributed by atoms with Gasteiger partial charge in [0.2, 0.25) is 0 Å². The maximum atomic E-state index is 5.58. The van der Waals surface area contributed by atoms with Crippen LogP contribution in [0.15, 0.2) is 78.9 Å². The Morgan fingerprint density at radius 2 is 1.41 bits per heavy atom. The Balaban J connectivity index is 1.49. The van der Waals surface area contributed by atoms with Gasteiger partial charge in [-0.3, -0.25) is 0 Å². The van der Waals surface area contributed by atoms with Crippen molar-refractivity contribution in [2.75, 3.05) is 13.2 Å². The molecule has 0 amide bonds. The van der Waals surface area contributed by atoms with Crippen LogP contribution in [-0.2, 0) is 11.2 Å². The largest absolute Gasteiger partial charge is 0.377 e. The molecule has 1 heteroatoms. The first-order chi connectivity index (χ1) is 10.9. The summed E-state index contributed by atoms with van der Waals surface area (Å²) in [6.07, 6.45) is 11.8. The Bertz CT molecular complexity index is 555. The predicted octanol–water partition coefficient (Wildman–Crippen LogP) is 5.30. The first-order valence-corrected chi connectivity index (χ1v) is 7.93. The third-order valence-electron chi connectivity index (χ3n) is 3.36. The van der Waals surface area contributed by atoms with Crippen molar-refractivity contribution in [3.05, 3.63) is 90.0 Å². The lowest BCUT2D eigenvalue weighted by Gasteiger charge is -1.98. The number of aryl methyl sites for hydroxylation is 1. The summed E-state index contributed by atoms with van der Waals surface area (Å²) in [6.45, 7) is 1.45. The Labute approximate surface area is 134 Å². The molecule has 22 heavy (non-hydrogen) atoms. The second-order valence-electron chi connectivity index (χ2n) is 5.17. The van der Waals surface area contributed by atoms with E-state index in [1.807, 2.05) is 18.2 Å². The zero-order valence-corrected chi connectivity index (χ0v) is 13.0. The summed E-state index contributed by atoms with van der Waals surface area (Å²) in [4.78, 5) is 0. The molecule has 2 aromatic carbocycles. The molecule has 0 atom stereocenters. The van der Waals surface area contributed by atoms with Gasteiger partial charge in [-0.15, -0.1) is 0 Å². The lowest BCUT2D eigenvalue weighted by molar-refractivity contribution is 0.168. The maximum absolute atomic E-state index is 5.58. The van der Waals surface area contributed by atoms with Gasteiger partial charge in [0, 0.05) is 0 Å². The van der Waals surface area contributed by atoms with Crippen LogP contribution in [-0.4, -0.2) is 13.2 Å². The summed E-state index contributed by atoms with van der Waals surface area (Å²) >= 11 is 0. The Hall–Kier alpha value is -2.12. The van der Waals surface area contributed by atoms with E-state index in [-0.39, 0.29) is 0 Å². The van der Waals surface area contributed by atoms with Crippen molar-refractivity contribution in [1.82, 2.24) is 0 Å². The van der Waals surface area contributed by atoms with E-state index < -0.39 is 0 Å². The van der Waals surface area contributed by atoms with Crippen molar-refractivity contribution in [2.24, 2.45) is 0 Å². The van der Waals surface area contributed by atoms with Gasteiger partial charge in [-0.1, -0.05) is 85.0 Å². The van der Waals surface area contributed by atoms with E-state index in [0.29, 0.717) is 6.61 Å². The minimum Gasteiger partial charge on any atom is -0.377 e. The van der Waals surface area contributed by atoms with Crippen LogP contribution in [0.1, 0.15) is 24.0 Å². The molecular weight excluding hydrogens is 268 g/mol. The van der Waals surface area contributed by atoms with Crippen molar-refractivity contribution in [2.45, 2.75) is 19.3 Å². The molecule has 0 radical (unpaired) electrons. The number of hydrogen-bond acceptors (Lipinski definition) is 1. The smallest absolute Gasteiger partial charge is 0.0650 e. The quantitative estimate of drug-likeness (QED) is 0.450. The van der Waals surface area contributed by atoms with Gasteiger partial charge < -0.3 is 4.74 Å². The van der Waals surface area contributed by atoms with Crippen molar-refractivity contribution >= 4 is 6.08 Å². The molecule has 0 aliphatic heterocycles. The van der Waals surface area contributed by atoms with E-state index in [2.05, 4.69) is 66.8 Å².